The maximum Gasteiger partial charge on any atom is 0.234 e. The van der Waals surface area contributed by atoms with Gasteiger partial charge in [-0.25, -0.2) is 4.98 Å². The number of nitriles is 1. The average molecular weight is 393 g/mol. The van der Waals surface area contributed by atoms with Gasteiger partial charge in [0, 0.05) is 17.1 Å². The SMILES string of the molecule is COc1ccc(NC(=O)CSc2nc3cc(C)ccc3cc2C#N)cc1OC. The van der Waals surface area contributed by atoms with Gasteiger partial charge in [-0.05, 0) is 36.8 Å². The monoisotopic (exact) mass is 393 g/mol. The number of anilines is 1. The van der Waals surface area contributed by atoms with Gasteiger partial charge in [-0.3, -0.25) is 4.79 Å². The van der Waals surface area contributed by atoms with Crippen LogP contribution in [-0.2, 0) is 4.79 Å². The van der Waals surface area contributed by atoms with Crippen molar-refractivity contribution in [2.75, 3.05) is 25.3 Å². The van der Waals surface area contributed by atoms with Crippen molar-refractivity contribution in [3.05, 3.63) is 53.6 Å². The van der Waals surface area contributed by atoms with Crippen LogP contribution in [0.15, 0.2) is 47.5 Å². The number of aryl methyl sites for hydroxylation is 1. The number of carbonyl (C=O) groups excluding carboxylic acids is 1. The van der Waals surface area contributed by atoms with Gasteiger partial charge in [-0.15, -0.1) is 0 Å². The standard InChI is InChI=1S/C21H19N3O3S/c1-13-4-5-14-9-15(11-22)21(24-17(14)8-13)28-12-20(25)23-16-6-7-18(26-2)19(10-16)27-3/h4-10H,12H2,1-3H3,(H,23,25). The minimum atomic E-state index is -0.202. The molecule has 0 radical (unpaired) electrons. The Morgan fingerprint density at radius 2 is 1.93 bits per heavy atom. The summed E-state index contributed by atoms with van der Waals surface area (Å²) in [5.41, 5.74) is 2.96. The van der Waals surface area contributed by atoms with Crippen LogP contribution < -0.4 is 14.8 Å². The van der Waals surface area contributed by atoms with E-state index in [1.165, 1.54) is 18.9 Å². The van der Waals surface area contributed by atoms with Crippen LogP contribution >= 0.6 is 11.8 Å². The van der Waals surface area contributed by atoms with E-state index in [1.807, 2.05) is 25.1 Å². The van der Waals surface area contributed by atoms with Crippen molar-refractivity contribution in [2.24, 2.45) is 0 Å². The van der Waals surface area contributed by atoms with E-state index < -0.39 is 0 Å². The molecule has 3 aromatic rings. The van der Waals surface area contributed by atoms with Crippen LogP contribution in [-0.4, -0.2) is 30.9 Å². The molecule has 28 heavy (non-hydrogen) atoms. The van der Waals surface area contributed by atoms with Gasteiger partial charge in [0.15, 0.2) is 11.5 Å². The number of ether oxygens (including phenoxy) is 2. The number of nitrogens with one attached hydrogen (secondary N) is 1. The first kappa shape index (κ1) is 19.5. The second kappa shape index (κ2) is 8.63. The summed E-state index contributed by atoms with van der Waals surface area (Å²) in [4.78, 5) is 16.9. The molecule has 1 heterocycles. The maximum absolute atomic E-state index is 12.3. The summed E-state index contributed by atoms with van der Waals surface area (Å²) in [6.45, 7) is 1.99. The maximum atomic E-state index is 12.3. The van der Waals surface area contributed by atoms with Crippen LogP contribution in [0, 0.1) is 18.3 Å². The second-order valence-electron chi connectivity index (χ2n) is 6.06. The van der Waals surface area contributed by atoms with E-state index in [1.54, 1.807) is 31.4 Å². The van der Waals surface area contributed by atoms with Crippen LogP contribution in [0.1, 0.15) is 11.1 Å². The molecule has 7 heteroatoms. The molecule has 0 atom stereocenters. The Bertz CT molecular complexity index is 1080. The zero-order chi connectivity index (χ0) is 20.1. The Kier molecular flexibility index (Phi) is 6.02. The van der Waals surface area contributed by atoms with E-state index in [4.69, 9.17) is 9.47 Å². The summed E-state index contributed by atoms with van der Waals surface area (Å²) in [5, 5.41) is 13.7. The fraction of sp³-hybridized carbons (Fsp3) is 0.190. The molecule has 0 saturated carbocycles. The molecule has 142 valence electrons. The molecule has 2 aromatic carbocycles. The van der Waals surface area contributed by atoms with Gasteiger partial charge in [0.25, 0.3) is 0 Å². The van der Waals surface area contributed by atoms with Gasteiger partial charge in [-0.1, -0.05) is 23.9 Å². The van der Waals surface area contributed by atoms with Crippen LogP contribution in [0.2, 0.25) is 0 Å². The van der Waals surface area contributed by atoms with Gasteiger partial charge in [0.1, 0.15) is 11.1 Å². The lowest BCUT2D eigenvalue weighted by molar-refractivity contribution is -0.113. The average Bonchev–Trinajstić information content (AvgIpc) is 2.71. The lowest BCUT2D eigenvalue weighted by Gasteiger charge is -2.11. The van der Waals surface area contributed by atoms with Gasteiger partial charge in [0.2, 0.25) is 5.91 Å². The summed E-state index contributed by atoms with van der Waals surface area (Å²) in [5.74, 6) is 1.05. The molecule has 1 aromatic heterocycles. The number of aromatic nitrogens is 1. The number of carbonyl (C=O) groups is 1. The van der Waals surface area contributed by atoms with Crippen molar-refractivity contribution < 1.29 is 14.3 Å². The third kappa shape index (κ3) is 4.35. The van der Waals surface area contributed by atoms with E-state index in [0.29, 0.717) is 27.8 Å². The first-order valence-electron chi connectivity index (χ1n) is 8.50. The van der Waals surface area contributed by atoms with E-state index in [2.05, 4.69) is 16.4 Å². The second-order valence-corrected chi connectivity index (χ2v) is 7.02. The number of methoxy groups -OCH3 is 2. The molecule has 0 fully saturated rings. The highest BCUT2D eigenvalue weighted by molar-refractivity contribution is 8.00. The fourth-order valence-electron chi connectivity index (χ4n) is 2.69. The largest absolute Gasteiger partial charge is 0.493 e. The molecule has 0 saturated heterocycles. The number of thioether (sulfide) groups is 1. The third-order valence-corrected chi connectivity index (χ3v) is 5.06. The number of hydrogen-bond donors (Lipinski definition) is 1. The molecule has 1 N–H and O–H groups in total. The highest BCUT2D eigenvalue weighted by Crippen LogP contribution is 2.30. The van der Waals surface area contributed by atoms with Crippen LogP contribution in [0.3, 0.4) is 0 Å². The van der Waals surface area contributed by atoms with Crippen molar-refractivity contribution >= 4 is 34.3 Å². The van der Waals surface area contributed by atoms with Crippen molar-refractivity contribution in [1.82, 2.24) is 4.98 Å². The Morgan fingerprint density at radius 1 is 1.14 bits per heavy atom. The molecular formula is C21H19N3O3S. The van der Waals surface area contributed by atoms with Crippen molar-refractivity contribution in [1.29, 1.82) is 5.26 Å². The normalized spacial score (nSPS) is 10.4. The predicted octanol–water partition coefficient (Wildman–Crippen LogP) is 4.16. The van der Waals surface area contributed by atoms with Gasteiger partial charge in [0.05, 0.1) is 31.1 Å². The van der Waals surface area contributed by atoms with E-state index in [9.17, 15) is 10.1 Å². The molecule has 0 aliphatic heterocycles. The molecule has 6 nitrogen and oxygen atoms in total. The first-order valence-corrected chi connectivity index (χ1v) is 9.49. The quantitative estimate of drug-likeness (QED) is 0.633. The van der Waals surface area contributed by atoms with Crippen molar-refractivity contribution in [2.45, 2.75) is 11.9 Å². The van der Waals surface area contributed by atoms with E-state index in [0.717, 1.165) is 16.5 Å². The Morgan fingerprint density at radius 3 is 2.64 bits per heavy atom. The molecule has 3 rings (SSSR count). The van der Waals surface area contributed by atoms with Crippen LogP contribution in [0.5, 0.6) is 11.5 Å². The summed E-state index contributed by atoms with van der Waals surface area (Å²) >= 11 is 1.24. The summed E-state index contributed by atoms with van der Waals surface area (Å²) in [7, 11) is 3.09. The number of benzene rings is 2. The van der Waals surface area contributed by atoms with Crippen LogP contribution in [0.25, 0.3) is 10.9 Å². The van der Waals surface area contributed by atoms with E-state index >= 15 is 0 Å². The number of amides is 1. The summed E-state index contributed by atoms with van der Waals surface area (Å²) < 4.78 is 10.4. The van der Waals surface area contributed by atoms with Gasteiger partial charge < -0.3 is 14.8 Å². The fourth-order valence-corrected chi connectivity index (χ4v) is 3.46. The molecule has 0 aliphatic rings. The highest BCUT2D eigenvalue weighted by Gasteiger charge is 2.12. The van der Waals surface area contributed by atoms with Crippen molar-refractivity contribution in [3.8, 4) is 17.6 Å². The Labute approximate surface area is 167 Å². The number of nitrogens with zero attached hydrogens (tertiary/aromatic N) is 2. The predicted molar refractivity (Wildman–Crippen MR) is 110 cm³/mol. The highest BCUT2D eigenvalue weighted by atomic mass is 32.2. The number of hydrogen-bond acceptors (Lipinski definition) is 6. The van der Waals surface area contributed by atoms with Gasteiger partial charge in [-0.2, -0.15) is 5.26 Å². The van der Waals surface area contributed by atoms with Crippen molar-refractivity contribution in [3.63, 3.8) is 0 Å². The first-order chi connectivity index (χ1) is 13.5. The molecule has 0 unspecified atom stereocenters. The zero-order valence-electron chi connectivity index (χ0n) is 15.8. The Hall–Kier alpha value is -3.24. The number of pyridine rings is 1. The Balaban J connectivity index is 1.73. The molecule has 0 spiro atoms. The van der Waals surface area contributed by atoms with Crippen LogP contribution in [0.4, 0.5) is 5.69 Å². The van der Waals surface area contributed by atoms with Gasteiger partial charge >= 0.3 is 0 Å². The number of rotatable bonds is 6. The minimum absolute atomic E-state index is 0.132. The summed E-state index contributed by atoms with van der Waals surface area (Å²) in [6.07, 6.45) is 0. The summed E-state index contributed by atoms with van der Waals surface area (Å²) in [6, 6.07) is 15.0. The smallest absolute Gasteiger partial charge is 0.234 e. The minimum Gasteiger partial charge on any atom is -0.493 e. The molecule has 0 bridgehead atoms. The topological polar surface area (TPSA) is 84.2 Å². The van der Waals surface area contributed by atoms with E-state index in [-0.39, 0.29) is 11.7 Å². The molecular weight excluding hydrogens is 374 g/mol. The number of fused-ring (bicyclic) bond motifs is 1. The lowest BCUT2D eigenvalue weighted by atomic mass is 10.1. The third-order valence-electron chi connectivity index (χ3n) is 4.07. The molecule has 1 amide bonds. The lowest BCUT2D eigenvalue weighted by Crippen LogP contribution is -2.14. The zero-order valence-corrected chi connectivity index (χ0v) is 16.6. The molecule has 0 aliphatic carbocycles.